The van der Waals surface area contributed by atoms with E-state index in [0.29, 0.717) is 18.6 Å². The van der Waals surface area contributed by atoms with Gasteiger partial charge in [-0.2, -0.15) is 0 Å². The van der Waals surface area contributed by atoms with Crippen molar-refractivity contribution in [1.82, 2.24) is 5.32 Å². The van der Waals surface area contributed by atoms with Gasteiger partial charge in [0.1, 0.15) is 5.78 Å². The summed E-state index contributed by atoms with van der Waals surface area (Å²) in [4.78, 5) is 22.9. The highest BCUT2D eigenvalue weighted by Crippen LogP contribution is 2.22. The van der Waals surface area contributed by atoms with Crippen molar-refractivity contribution in [2.75, 3.05) is 0 Å². The summed E-state index contributed by atoms with van der Waals surface area (Å²) in [7, 11) is 0. The summed E-state index contributed by atoms with van der Waals surface area (Å²) in [5.41, 5.74) is -0.290. The Bertz CT molecular complexity index is 248. The normalized spacial score (nSPS) is 19.0. The third-order valence-corrected chi connectivity index (χ3v) is 3.38. The van der Waals surface area contributed by atoms with Crippen LogP contribution in [-0.2, 0) is 9.59 Å². The molecule has 1 saturated carbocycles. The number of carbonyl (C=O) groups is 2. The van der Waals surface area contributed by atoms with E-state index in [-0.39, 0.29) is 17.4 Å². The van der Waals surface area contributed by atoms with Gasteiger partial charge in [-0.15, -0.1) is 0 Å². The molecule has 1 amide bonds. The van der Waals surface area contributed by atoms with Gasteiger partial charge in [-0.1, -0.05) is 20.8 Å². The third kappa shape index (κ3) is 3.33. The lowest BCUT2D eigenvalue weighted by atomic mass is 9.87. The monoisotopic (exact) mass is 211 g/mol. The maximum Gasteiger partial charge on any atom is 0.225 e. The number of hydrogen-bond donors (Lipinski definition) is 1. The van der Waals surface area contributed by atoms with Crippen LogP contribution in [0.1, 0.15) is 52.9 Å². The number of hydrogen-bond acceptors (Lipinski definition) is 2. The smallest absolute Gasteiger partial charge is 0.225 e. The van der Waals surface area contributed by atoms with Gasteiger partial charge >= 0.3 is 0 Å². The van der Waals surface area contributed by atoms with Crippen molar-refractivity contribution in [1.29, 1.82) is 0 Å². The molecule has 1 rings (SSSR count). The molecule has 1 aliphatic carbocycles. The average molecular weight is 211 g/mol. The molecule has 0 spiro atoms. The molecule has 0 unspecified atom stereocenters. The van der Waals surface area contributed by atoms with Crippen LogP contribution >= 0.6 is 0 Å². The first-order valence-corrected chi connectivity index (χ1v) is 5.78. The third-order valence-electron chi connectivity index (χ3n) is 3.38. The Balaban J connectivity index is 2.42. The van der Waals surface area contributed by atoms with E-state index in [1.165, 1.54) is 0 Å². The second kappa shape index (κ2) is 4.77. The summed E-state index contributed by atoms with van der Waals surface area (Å²) in [5, 5.41) is 3.04. The van der Waals surface area contributed by atoms with Crippen LogP contribution in [0, 0.1) is 5.41 Å². The first-order valence-electron chi connectivity index (χ1n) is 5.78. The first-order chi connectivity index (χ1) is 6.95. The van der Waals surface area contributed by atoms with Crippen molar-refractivity contribution in [3.8, 4) is 0 Å². The van der Waals surface area contributed by atoms with Crippen LogP contribution < -0.4 is 5.32 Å². The molecule has 15 heavy (non-hydrogen) atoms. The van der Waals surface area contributed by atoms with Gasteiger partial charge in [-0.25, -0.2) is 0 Å². The second-order valence-electron chi connectivity index (χ2n) is 5.02. The molecule has 0 radical (unpaired) electrons. The van der Waals surface area contributed by atoms with Crippen molar-refractivity contribution in [2.24, 2.45) is 5.41 Å². The van der Waals surface area contributed by atoms with Crippen LogP contribution in [0.3, 0.4) is 0 Å². The summed E-state index contributed by atoms with van der Waals surface area (Å²) in [6.45, 7) is 5.93. The minimum absolute atomic E-state index is 0.115. The predicted molar refractivity (Wildman–Crippen MR) is 59.5 cm³/mol. The van der Waals surface area contributed by atoms with Gasteiger partial charge < -0.3 is 5.32 Å². The molecule has 0 saturated heterocycles. The summed E-state index contributed by atoms with van der Waals surface area (Å²) in [5.74, 6) is 0.444. The van der Waals surface area contributed by atoms with Crippen LogP contribution in [-0.4, -0.2) is 17.7 Å². The highest BCUT2D eigenvalue weighted by Gasteiger charge is 2.28. The molecule has 1 N–H and O–H groups in total. The van der Waals surface area contributed by atoms with Crippen molar-refractivity contribution in [3.05, 3.63) is 0 Å². The van der Waals surface area contributed by atoms with Crippen LogP contribution in [0.4, 0.5) is 0 Å². The van der Waals surface area contributed by atoms with Crippen molar-refractivity contribution in [3.63, 3.8) is 0 Å². The van der Waals surface area contributed by atoms with E-state index in [0.717, 1.165) is 19.3 Å². The minimum Gasteiger partial charge on any atom is -0.353 e. The molecule has 0 aromatic rings. The molecule has 1 aliphatic rings. The largest absolute Gasteiger partial charge is 0.353 e. The molecular weight excluding hydrogens is 190 g/mol. The van der Waals surface area contributed by atoms with Gasteiger partial charge in [-0.3, -0.25) is 9.59 Å². The zero-order valence-electron chi connectivity index (χ0n) is 9.93. The Morgan fingerprint density at radius 1 is 1.40 bits per heavy atom. The molecule has 0 bridgehead atoms. The molecule has 0 aromatic carbocycles. The molecule has 0 aliphatic heterocycles. The first kappa shape index (κ1) is 12.2. The number of rotatable bonds is 3. The van der Waals surface area contributed by atoms with Gasteiger partial charge in [0, 0.05) is 24.3 Å². The van der Waals surface area contributed by atoms with Crippen molar-refractivity contribution in [2.45, 2.75) is 58.9 Å². The van der Waals surface area contributed by atoms with E-state index < -0.39 is 0 Å². The molecule has 0 aromatic heterocycles. The Kier molecular flexibility index (Phi) is 3.89. The van der Waals surface area contributed by atoms with Crippen LogP contribution in [0.25, 0.3) is 0 Å². The van der Waals surface area contributed by atoms with Crippen LogP contribution in [0.2, 0.25) is 0 Å². The fraction of sp³-hybridized carbons (Fsp3) is 0.833. The molecule has 0 atom stereocenters. The van der Waals surface area contributed by atoms with Crippen molar-refractivity contribution >= 4 is 11.7 Å². The van der Waals surface area contributed by atoms with E-state index in [1.807, 2.05) is 20.8 Å². The topological polar surface area (TPSA) is 46.2 Å². The van der Waals surface area contributed by atoms with Crippen LogP contribution in [0.5, 0.6) is 0 Å². The molecular formula is C12H21NO2. The number of amides is 1. The number of ketones is 1. The molecule has 0 heterocycles. The van der Waals surface area contributed by atoms with Crippen molar-refractivity contribution < 1.29 is 9.59 Å². The van der Waals surface area contributed by atoms with Gasteiger partial charge in [0.15, 0.2) is 0 Å². The van der Waals surface area contributed by atoms with E-state index in [1.54, 1.807) is 0 Å². The fourth-order valence-electron chi connectivity index (χ4n) is 1.63. The van der Waals surface area contributed by atoms with Crippen LogP contribution in [0.15, 0.2) is 0 Å². The zero-order valence-corrected chi connectivity index (χ0v) is 9.93. The SMILES string of the molecule is CCC(C)(C)C(=O)NC1CCC(=O)CC1. The minimum atomic E-state index is -0.290. The van der Waals surface area contributed by atoms with E-state index >= 15 is 0 Å². The van der Waals surface area contributed by atoms with E-state index in [9.17, 15) is 9.59 Å². The maximum atomic E-state index is 11.8. The summed E-state index contributed by atoms with van der Waals surface area (Å²) < 4.78 is 0. The van der Waals surface area contributed by atoms with E-state index in [2.05, 4.69) is 5.32 Å². The van der Waals surface area contributed by atoms with Gasteiger partial charge in [0.2, 0.25) is 5.91 Å². The highest BCUT2D eigenvalue weighted by molar-refractivity contribution is 5.83. The fourth-order valence-corrected chi connectivity index (χ4v) is 1.63. The zero-order chi connectivity index (χ0) is 11.5. The molecule has 3 heteroatoms. The Hall–Kier alpha value is -0.860. The van der Waals surface area contributed by atoms with Gasteiger partial charge in [0.05, 0.1) is 0 Å². The maximum absolute atomic E-state index is 11.8. The predicted octanol–water partition coefficient (Wildman–Crippen LogP) is 2.05. The number of Topliss-reactive ketones (excluding diaryl/α,β-unsaturated/α-hetero) is 1. The lowest BCUT2D eigenvalue weighted by Gasteiger charge is -2.28. The molecule has 1 fully saturated rings. The standard InChI is InChI=1S/C12H21NO2/c1-4-12(2,3)11(15)13-9-5-7-10(14)8-6-9/h9H,4-8H2,1-3H3,(H,13,15). The number of carbonyl (C=O) groups excluding carboxylic acids is 2. The quantitative estimate of drug-likeness (QED) is 0.776. The summed E-state index contributed by atoms with van der Waals surface area (Å²) in [6, 6.07) is 0.209. The lowest BCUT2D eigenvalue weighted by molar-refractivity contribution is -0.131. The Morgan fingerprint density at radius 2 is 1.93 bits per heavy atom. The average Bonchev–Trinajstić information content (AvgIpc) is 2.21. The van der Waals surface area contributed by atoms with Gasteiger partial charge in [-0.05, 0) is 19.3 Å². The lowest BCUT2D eigenvalue weighted by Crippen LogP contribution is -2.44. The Labute approximate surface area is 91.6 Å². The highest BCUT2D eigenvalue weighted by atomic mass is 16.2. The number of nitrogens with one attached hydrogen (secondary N) is 1. The summed E-state index contributed by atoms with van der Waals surface area (Å²) in [6.07, 6.45) is 3.70. The Morgan fingerprint density at radius 3 is 2.40 bits per heavy atom. The molecule has 86 valence electrons. The second-order valence-corrected chi connectivity index (χ2v) is 5.02. The molecule has 3 nitrogen and oxygen atoms in total. The van der Waals surface area contributed by atoms with Gasteiger partial charge in [0.25, 0.3) is 0 Å². The van der Waals surface area contributed by atoms with E-state index in [4.69, 9.17) is 0 Å². The summed E-state index contributed by atoms with van der Waals surface area (Å²) >= 11 is 0.